The molecule has 0 amide bonds. The standard InChI is InChI=1S/C9H9ClF3N/c1-5(2)7-3-6(9(11,12)13)4-14-8(7)10/h3-5H,1-2H3. The molecule has 0 saturated carbocycles. The molecule has 0 bridgehead atoms. The van der Waals surface area contributed by atoms with Crippen LogP contribution in [-0.4, -0.2) is 4.98 Å². The van der Waals surface area contributed by atoms with Gasteiger partial charge in [0.1, 0.15) is 5.15 Å². The van der Waals surface area contributed by atoms with E-state index in [-0.39, 0.29) is 11.1 Å². The van der Waals surface area contributed by atoms with E-state index in [4.69, 9.17) is 11.6 Å². The van der Waals surface area contributed by atoms with Gasteiger partial charge in [-0.15, -0.1) is 0 Å². The second-order valence-electron chi connectivity index (χ2n) is 3.26. The van der Waals surface area contributed by atoms with Crippen LogP contribution in [0.5, 0.6) is 0 Å². The molecule has 0 aromatic carbocycles. The van der Waals surface area contributed by atoms with Crippen LogP contribution >= 0.6 is 11.6 Å². The van der Waals surface area contributed by atoms with E-state index >= 15 is 0 Å². The molecule has 1 rings (SSSR count). The van der Waals surface area contributed by atoms with Crippen LogP contribution in [0, 0.1) is 0 Å². The van der Waals surface area contributed by atoms with Crippen LogP contribution in [0.4, 0.5) is 13.2 Å². The van der Waals surface area contributed by atoms with Crippen molar-refractivity contribution < 1.29 is 13.2 Å². The quantitative estimate of drug-likeness (QED) is 0.659. The number of hydrogen-bond donors (Lipinski definition) is 0. The van der Waals surface area contributed by atoms with Crippen molar-refractivity contribution in [1.29, 1.82) is 0 Å². The second-order valence-corrected chi connectivity index (χ2v) is 3.61. The molecule has 78 valence electrons. The van der Waals surface area contributed by atoms with Gasteiger partial charge >= 0.3 is 6.18 Å². The molecule has 1 heterocycles. The minimum Gasteiger partial charge on any atom is -0.244 e. The first-order chi connectivity index (χ1) is 6.32. The van der Waals surface area contributed by atoms with E-state index in [2.05, 4.69) is 4.98 Å². The Kier molecular flexibility index (Phi) is 3.04. The van der Waals surface area contributed by atoms with E-state index in [1.807, 2.05) is 0 Å². The predicted molar refractivity (Wildman–Crippen MR) is 48.3 cm³/mol. The first-order valence-electron chi connectivity index (χ1n) is 4.05. The van der Waals surface area contributed by atoms with Crippen LogP contribution in [-0.2, 0) is 6.18 Å². The molecule has 0 spiro atoms. The molecule has 0 aliphatic carbocycles. The summed E-state index contributed by atoms with van der Waals surface area (Å²) in [7, 11) is 0. The summed E-state index contributed by atoms with van der Waals surface area (Å²) in [6.07, 6.45) is -3.62. The zero-order valence-electron chi connectivity index (χ0n) is 7.69. The zero-order valence-corrected chi connectivity index (χ0v) is 8.45. The summed E-state index contributed by atoms with van der Waals surface area (Å²) < 4.78 is 36.8. The Morgan fingerprint density at radius 1 is 1.36 bits per heavy atom. The summed E-state index contributed by atoms with van der Waals surface area (Å²) >= 11 is 5.66. The van der Waals surface area contributed by atoms with Gasteiger partial charge in [0.25, 0.3) is 0 Å². The Balaban J connectivity index is 3.20. The molecule has 0 aliphatic heterocycles. The Labute approximate surface area is 84.9 Å². The highest BCUT2D eigenvalue weighted by Gasteiger charge is 2.31. The van der Waals surface area contributed by atoms with Crippen molar-refractivity contribution in [1.82, 2.24) is 4.98 Å². The molecular formula is C9H9ClF3N. The molecule has 0 saturated heterocycles. The van der Waals surface area contributed by atoms with Crippen LogP contribution < -0.4 is 0 Å². The average Bonchev–Trinajstić information content (AvgIpc) is 2.02. The molecule has 1 aromatic heterocycles. The topological polar surface area (TPSA) is 12.9 Å². The van der Waals surface area contributed by atoms with Gasteiger partial charge in [0.05, 0.1) is 5.56 Å². The molecule has 14 heavy (non-hydrogen) atoms. The number of halogens is 4. The minimum atomic E-state index is -4.36. The van der Waals surface area contributed by atoms with Gasteiger partial charge in [-0.3, -0.25) is 0 Å². The highest BCUT2D eigenvalue weighted by Crippen LogP contribution is 2.32. The summed E-state index contributed by atoms with van der Waals surface area (Å²) in [6.45, 7) is 3.53. The molecule has 0 atom stereocenters. The largest absolute Gasteiger partial charge is 0.417 e. The molecule has 0 radical (unpaired) electrons. The summed E-state index contributed by atoms with van der Waals surface area (Å²) in [5.41, 5.74) is -0.341. The fourth-order valence-electron chi connectivity index (χ4n) is 1.03. The maximum Gasteiger partial charge on any atom is 0.417 e. The maximum absolute atomic E-state index is 12.3. The van der Waals surface area contributed by atoms with Gasteiger partial charge in [-0.25, -0.2) is 4.98 Å². The van der Waals surface area contributed by atoms with Gasteiger partial charge in [-0.1, -0.05) is 25.4 Å². The Bertz CT molecular complexity index is 333. The molecular weight excluding hydrogens is 215 g/mol. The number of rotatable bonds is 1. The Hall–Kier alpha value is -0.770. The van der Waals surface area contributed by atoms with Gasteiger partial charge in [0.15, 0.2) is 0 Å². The lowest BCUT2D eigenvalue weighted by atomic mass is 10.0. The summed E-state index contributed by atoms with van der Waals surface area (Å²) in [4.78, 5) is 3.51. The van der Waals surface area contributed by atoms with E-state index in [1.54, 1.807) is 13.8 Å². The molecule has 0 N–H and O–H groups in total. The van der Waals surface area contributed by atoms with Crippen molar-refractivity contribution in [2.75, 3.05) is 0 Å². The van der Waals surface area contributed by atoms with Crippen molar-refractivity contribution in [3.63, 3.8) is 0 Å². The van der Waals surface area contributed by atoms with Gasteiger partial charge in [0.2, 0.25) is 0 Å². The monoisotopic (exact) mass is 223 g/mol. The number of nitrogens with zero attached hydrogens (tertiary/aromatic N) is 1. The SMILES string of the molecule is CC(C)c1cc(C(F)(F)F)cnc1Cl. The minimum absolute atomic E-state index is 0.0719. The predicted octanol–water partition coefficient (Wildman–Crippen LogP) is 3.88. The first-order valence-corrected chi connectivity index (χ1v) is 4.43. The van der Waals surface area contributed by atoms with Gasteiger partial charge in [-0.05, 0) is 17.5 Å². The van der Waals surface area contributed by atoms with Crippen LogP contribution in [0.15, 0.2) is 12.3 Å². The van der Waals surface area contributed by atoms with Crippen LogP contribution in [0.1, 0.15) is 30.9 Å². The highest BCUT2D eigenvalue weighted by atomic mass is 35.5. The van der Waals surface area contributed by atoms with Gasteiger partial charge in [0, 0.05) is 6.20 Å². The summed E-state index contributed by atoms with van der Waals surface area (Å²) in [6, 6.07) is 1.04. The van der Waals surface area contributed by atoms with Gasteiger partial charge < -0.3 is 0 Å². The third-order valence-electron chi connectivity index (χ3n) is 1.82. The molecule has 5 heteroatoms. The number of pyridine rings is 1. The summed E-state index contributed by atoms with van der Waals surface area (Å²) in [5.74, 6) is -0.0719. The average molecular weight is 224 g/mol. The summed E-state index contributed by atoms with van der Waals surface area (Å²) in [5, 5.41) is 0.132. The molecule has 0 fully saturated rings. The third kappa shape index (κ3) is 2.38. The maximum atomic E-state index is 12.3. The normalized spacial score (nSPS) is 12.2. The van der Waals surface area contributed by atoms with Crippen LogP contribution in [0.2, 0.25) is 5.15 Å². The Morgan fingerprint density at radius 2 is 1.93 bits per heavy atom. The fourth-order valence-corrected chi connectivity index (χ4v) is 1.35. The van der Waals surface area contributed by atoms with Crippen molar-refractivity contribution in [3.05, 3.63) is 28.5 Å². The van der Waals surface area contributed by atoms with Crippen LogP contribution in [0.3, 0.4) is 0 Å². The molecule has 0 aliphatic rings. The lowest BCUT2D eigenvalue weighted by molar-refractivity contribution is -0.137. The van der Waals surface area contributed by atoms with Crippen molar-refractivity contribution in [3.8, 4) is 0 Å². The smallest absolute Gasteiger partial charge is 0.244 e. The first kappa shape index (κ1) is 11.3. The third-order valence-corrected chi connectivity index (χ3v) is 2.13. The number of hydrogen-bond acceptors (Lipinski definition) is 1. The van der Waals surface area contributed by atoms with E-state index < -0.39 is 11.7 Å². The van der Waals surface area contributed by atoms with E-state index in [0.717, 1.165) is 12.3 Å². The Morgan fingerprint density at radius 3 is 2.36 bits per heavy atom. The molecule has 0 unspecified atom stereocenters. The van der Waals surface area contributed by atoms with Crippen molar-refractivity contribution in [2.45, 2.75) is 25.9 Å². The van der Waals surface area contributed by atoms with Crippen molar-refractivity contribution >= 4 is 11.6 Å². The van der Waals surface area contributed by atoms with E-state index in [0.29, 0.717) is 5.56 Å². The molecule has 1 aromatic rings. The van der Waals surface area contributed by atoms with Crippen molar-refractivity contribution in [2.24, 2.45) is 0 Å². The lowest BCUT2D eigenvalue weighted by Gasteiger charge is -2.11. The zero-order chi connectivity index (χ0) is 10.9. The van der Waals surface area contributed by atoms with E-state index in [1.165, 1.54) is 0 Å². The fraction of sp³-hybridized carbons (Fsp3) is 0.444. The van der Waals surface area contributed by atoms with Crippen LogP contribution in [0.25, 0.3) is 0 Å². The number of alkyl halides is 3. The van der Waals surface area contributed by atoms with Gasteiger partial charge in [-0.2, -0.15) is 13.2 Å². The molecule has 1 nitrogen and oxygen atoms in total. The number of aromatic nitrogens is 1. The highest BCUT2D eigenvalue weighted by molar-refractivity contribution is 6.30. The van der Waals surface area contributed by atoms with E-state index in [9.17, 15) is 13.2 Å². The second kappa shape index (κ2) is 3.77. The lowest BCUT2D eigenvalue weighted by Crippen LogP contribution is -2.07.